The first kappa shape index (κ1) is 10.2. The highest BCUT2D eigenvalue weighted by Crippen LogP contribution is 2.08. The molecule has 0 aliphatic carbocycles. The van der Waals surface area contributed by atoms with Gasteiger partial charge in [-0.3, -0.25) is 0 Å². The highest BCUT2D eigenvalue weighted by Gasteiger charge is 2.22. The van der Waals surface area contributed by atoms with E-state index < -0.39 is 5.97 Å². The first-order chi connectivity index (χ1) is 7.25. The zero-order valence-electron chi connectivity index (χ0n) is 8.57. The number of hydrogen-bond acceptors (Lipinski definition) is 3. The summed E-state index contributed by atoms with van der Waals surface area (Å²) in [6, 6.07) is 1.96. The second-order valence-corrected chi connectivity index (χ2v) is 4.15. The summed E-state index contributed by atoms with van der Waals surface area (Å²) in [5, 5.41) is 10.6. The van der Waals surface area contributed by atoms with Crippen molar-refractivity contribution in [2.24, 2.45) is 5.92 Å². The molecule has 0 aromatic carbocycles. The Morgan fingerprint density at radius 3 is 2.80 bits per heavy atom. The van der Waals surface area contributed by atoms with E-state index in [9.17, 15) is 9.90 Å². The average molecular weight is 209 g/mol. The Morgan fingerprint density at radius 2 is 2.27 bits per heavy atom. The lowest BCUT2D eigenvalue weighted by Gasteiger charge is -2.29. The topological polar surface area (TPSA) is 57.7 Å². The molecular weight excluding hydrogens is 194 g/mol. The van der Waals surface area contributed by atoms with Gasteiger partial charge < -0.3 is 19.2 Å². The molecule has 0 atom stereocenters. The highest BCUT2D eigenvalue weighted by atomic mass is 16.4. The van der Waals surface area contributed by atoms with Crippen molar-refractivity contribution in [2.75, 3.05) is 13.1 Å². The highest BCUT2D eigenvalue weighted by molar-refractivity contribution is 5.67. The second kappa shape index (κ2) is 4.49. The number of nitrogens with one attached hydrogen (secondary N) is 1. The number of rotatable bonds is 3. The van der Waals surface area contributed by atoms with Crippen molar-refractivity contribution in [1.82, 2.24) is 0 Å². The lowest BCUT2D eigenvalue weighted by Crippen LogP contribution is -3.11. The number of carbonyl (C=O) groups is 1. The van der Waals surface area contributed by atoms with Gasteiger partial charge in [-0.1, -0.05) is 0 Å². The summed E-state index contributed by atoms with van der Waals surface area (Å²) in [5.41, 5.74) is 1.18. The third-order valence-electron chi connectivity index (χ3n) is 3.06. The fourth-order valence-electron chi connectivity index (χ4n) is 2.12. The van der Waals surface area contributed by atoms with E-state index in [4.69, 9.17) is 4.42 Å². The molecule has 4 heteroatoms. The molecule has 1 saturated heterocycles. The van der Waals surface area contributed by atoms with E-state index in [-0.39, 0.29) is 5.92 Å². The third-order valence-corrected chi connectivity index (χ3v) is 3.06. The maximum Gasteiger partial charge on any atom is 0.106 e. The number of likely N-dealkylation sites (tertiary alicyclic amines) is 1. The van der Waals surface area contributed by atoms with Crippen LogP contribution in [-0.4, -0.2) is 19.1 Å². The van der Waals surface area contributed by atoms with Crippen molar-refractivity contribution in [2.45, 2.75) is 19.4 Å². The Hall–Kier alpha value is -1.29. The van der Waals surface area contributed by atoms with Gasteiger partial charge in [-0.2, -0.15) is 0 Å². The number of carboxylic acids is 1. The lowest BCUT2D eigenvalue weighted by atomic mass is 9.97. The first-order valence-corrected chi connectivity index (χ1v) is 5.31. The molecule has 1 N–H and O–H groups in total. The lowest BCUT2D eigenvalue weighted by molar-refractivity contribution is -0.919. The Balaban J connectivity index is 1.81. The summed E-state index contributed by atoms with van der Waals surface area (Å²) in [6.45, 7) is 2.74. The molecule has 4 nitrogen and oxygen atoms in total. The smallest absolute Gasteiger partial charge is 0.106 e. The van der Waals surface area contributed by atoms with Gasteiger partial charge >= 0.3 is 0 Å². The van der Waals surface area contributed by atoms with Gasteiger partial charge in [0.15, 0.2) is 0 Å². The van der Waals surface area contributed by atoms with Crippen LogP contribution in [0.25, 0.3) is 0 Å². The van der Waals surface area contributed by atoms with Gasteiger partial charge in [0.2, 0.25) is 0 Å². The van der Waals surface area contributed by atoms with Crippen molar-refractivity contribution in [1.29, 1.82) is 0 Å². The molecule has 1 fully saturated rings. The quantitative estimate of drug-likeness (QED) is 0.682. The Kier molecular flexibility index (Phi) is 3.06. The normalized spacial score (nSPS) is 26.4. The van der Waals surface area contributed by atoms with Gasteiger partial charge in [-0.05, 0) is 6.07 Å². The van der Waals surface area contributed by atoms with Crippen LogP contribution < -0.4 is 10.0 Å². The molecule has 1 aromatic heterocycles. The van der Waals surface area contributed by atoms with E-state index in [2.05, 4.69) is 0 Å². The summed E-state index contributed by atoms with van der Waals surface area (Å²) < 4.78 is 5.00. The van der Waals surface area contributed by atoms with E-state index in [0.29, 0.717) is 0 Å². The van der Waals surface area contributed by atoms with Crippen LogP contribution >= 0.6 is 0 Å². The monoisotopic (exact) mass is 209 g/mol. The van der Waals surface area contributed by atoms with Gasteiger partial charge in [0, 0.05) is 30.3 Å². The molecule has 0 radical (unpaired) electrons. The van der Waals surface area contributed by atoms with E-state index >= 15 is 0 Å². The fourth-order valence-corrected chi connectivity index (χ4v) is 2.12. The number of carboxylic acid groups (broad SMARTS) is 1. The van der Waals surface area contributed by atoms with E-state index in [1.54, 1.807) is 12.5 Å². The summed E-state index contributed by atoms with van der Waals surface area (Å²) in [7, 11) is 0. The van der Waals surface area contributed by atoms with Crippen molar-refractivity contribution in [3.8, 4) is 0 Å². The zero-order chi connectivity index (χ0) is 10.7. The number of hydrogen-bond donors (Lipinski definition) is 1. The fraction of sp³-hybridized carbons (Fsp3) is 0.545. The van der Waals surface area contributed by atoms with Crippen LogP contribution in [-0.2, 0) is 11.3 Å². The van der Waals surface area contributed by atoms with Crippen LogP contribution in [0.4, 0.5) is 0 Å². The minimum absolute atomic E-state index is 0.238. The molecule has 1 aliphatic heterocycles. The zero-order valence-corrected chi connectivity index (χ0v) is 8.57. The molecule has 1 aliphatic rings. The van der Waals surface area contributed by atoms with Crippen molar-refractivity contribution < 1.29 is 19.2 Å². The largest absolute Gasteiger partial charge is 0.550 e. The molecule has 0 saturated carbocycles. The van der Waals surface area contributed by atoms with Gasteiger partial charge in [-0.25, -0.2) is 0 Å². The Bertz CT molecular complexity index is 313. The van der Waals surface area contributed by atoms with Crippen LogP contribution in [0.5, 0.6) is 0 Å². The molecule has 0 amide bonds. The van der Waals surface area contributed by atoms with Crippen LogP contribution in [0.2, 0.25) is 0 Å². The molecule has 0 spiro atoms. The molecule has 15 heavy (non-hydrogen) atoms. The first-order valence-electron chi connectivity index (χ1n) is 5.31. The molecule has 82 valence electrons. The van der Waals surface area contributed by atoms with Crippen LogP contribution in [0.3, 0.4) is 0 Å². The molecule has 2 rings (SSSR count). The maximum atomic E-state index is 10.6. The SMILES string of the molecule is O=C([O-])C1CC[NH+](Cc2ccoc2)CC1. The molecule has 1 aromatic rings. The molecular formula is C11H15NO3. The number of aliphatic carboxylic acids is 1. The van der Waals surface area contributed by atoms with E-state index in [0.717, 1.165) is 32.5 Å². The maximum absolute atomic E-state index is 10.6. The van der Waals surface area contributed by atoms with Crippen LogP contribution in [0.15, 0.2) is 23.0 Å². The van der Waals surface area contributed by atoms with Crippen molar-refractivity contribution in [3.63, 3.8) is 0 Å². The number of quaternary nitrogens is 1. The van der Waals surface area contributed by atoms with E-state index in [1.807, 2.05) is 6.07 Å². The molecule has 2 heterocycles. The van der Waals surface area contributed by atoms with Crippen LogP contribution in [0, 0.1) is 5.92 Å². The summed E-state index contributed by atoms with van der Waals surface area (Å²) in [4.78, 5) is 12.1. The standard InChI is InChI=1S/C11H15NO3/c13-11(14)10-1-4-12(5-2-10)7-9-3-6-15-8-9/h3,6,8,10H,1-2,4-5,7H2,(H,13,14). The minimum atomic E-state index is -0.891. The number of furan rings is 1. The van der Waals surface area contributed by atoms with E-state index in [1.165, 1.54) is 10.5 Å². The Labute approximate surface area is 88.5 Å². The summed E-state index contributed by atoms with van der Waals surface area (Å²) in [5.74, 6) is -1.13. The van der Waals surface area contributed by atoms with Crippen molar-refractivity contribution >= 4 is 5.97 Å². The van der Waals surface area contributed by atoms with Crippen LogP contribution in [0.1, 0.15) is 18.4 Å². The third kappa shape index (κ3) is 2.59. The average Bonchev–Trinajstić information content (AvgIpc) is 2.71. The van der Waals surface area contributed by atoms with Gasteiger partial charge in [0.1, 0.15) is 6.54 Å². The minimum Gasteiger partial charge on any atom is -0.550 e. The predicted octanol–water partition coefficient (Wildman–Crippen LogP) is -1.18. The Morgan fingerprint density at radius 1 is 1.53 bits per heavy atom. The van der Waals surface area contributed by atoms with Gasteiger partial charge in [0.05, 0.1) is 25.6 Å². The van der Waals surface area contributed by atoms with Gasteiger partial charge in [0.25, 0.3) is 0 Å². The summed E-state index contributed by atoms with van der Waals surface area (Å²) >= 11 is 0. The second-order valence-electron chi connectivity index (χ2n) is 4.15. The molecule has 0 bridgehead atoms. The number of carbonyl (C=O) groups excluding carboxylic acids is 1. The predicted molar refractivity (Wildman–Crippen MR) is 50.8 cm³/mol. The molecule has 0 unspecified atom stereocenters. The summed E-state index contributed by atoms with van der Waals surface area (Å²) in [6.07, 6.45) is 4.88. The van der Waals surface area contributed by atoms with Gasteiger partial charge in [-0.15, -0.1) is 0 Å². The number of piperidine rings is 1. The van der Waals surface area contributed by atoms with Crippen molar-refractivity contribution in [3.05, 3.63) is 24.2 Å².